The predicted molar refractivity (Wildman–Crippen MR) is 80.8 cm³/mol. The number of benzene rings is 1. The van der Waals surface area contributed by atoms with Gasteiger partial charge in [0.25, 0.3) is 5.91 Å². The van der Waals surface area contributed by atoms with Gasteiger partial charge in [-0.15, -0.1) is 11.3 Å². The number of para-hydroxylation sites is 1. The summed E-state index contributed by atoms with van der Waals surface area (Å²) in [6.07, 6.45) is 0. The van der Waals surface area contributed by atoms with Gasteiger partial charge in [0.15, 0.2) is 0 Å². The Morgan fingerprint density at radius 3 is 2.68 bits per heavy atom. The molecular formula is C13H14ClN3OS. The van der Waals surface area contributed by atoms with Gasteiger partial charge in [-0.25, -0.2) is 0 Å². The third-order valence-corrected chi connectivity index (χ3v) is 4.00. The number of halogens is 1. The Bertz CT molecular complexity index is 612. The molecule has 19 heavy (non-hydrogen) atoms. The van der Waals surface area contributed by atoms with E-state index in [0.717, 1.165) is 14.9 Å². The number of nitrogens with zero attached hydrogens (tertiary/aromatic N) is 1. The minimum absolute atomic E-state index is 0.341. The number of nitrogens with two attached hydrogens (primary N) is 2. The molecule has 0 aliphatic heterocycles. The maximum atomic E-state index is 11.3. The molecule has 0 saturated heterocycles. The molecule has 0 bridgehead atoms. The summed E-state index contributed by atoms with van der Waals surface area (Å²) >= 11 is 7.42. The fourth-order valence-corrected chi connectivity index (χ4v) is 3.00. The van der Waals surface area contributed by atoms with Crippen LogP contribution in [0.25, 0.3) is 0 Å². The molecular weight excluding hydrogens is 282 g/mol. The third-order valence-electron chi connectivity index (χ3n) is 2.78. The molecule has 2 rings (SSSR count). The molecule has 4 N–H and O–H groups in total. The number of carbonyl (C=O) groups excluding carboxylic acids is 1. The summed E-state index contributed by atoms with van der Waals surface area (Å²) in [7, 11) is 1.91. The third kappa shape index (κ3) is 3.00. The lowest BCUT2D eigenvalue weighted by atomic mass is 10.1. The van der Waals surface area contributed by atoms with Gasteiger partial charge in [-0.2, -0.15) is 0 Å². The summed E-state index contributed by atoms with van der Waals surface area (Å²) < 4.78 is 0.752. The van der Waals surface area contributed by atoms with Gasteiger partial charge in [-0.1, -0.05) is 17.7 Å². The molecule has 0 unspecified atom stereocenters. The van der Waals surface area contributed by atoms with Crippen LogP contribution < -0.4 is 16.4 Å². The smallest absolute Gasteiger partial charge is 0.250 e. The highest BCUT2D eigenvalue weighted by molar-refractivity contribution is 7.16. The van der Waals surface area contributed by atoms with Gasteiger partial charge in [0.2, 0.25) is 0 Å². The molecule has 4 nitrogen and oxygen atoms in total. The number of nitrogen functional groups attached to an aromatic ring is 1. The highest BCUT2D eigenvalue weighted by Crippen LogP contribution is 2.29. The molecule has 2 aromatic rings. The Kier molecular flexibility index (Phi) is 3.97. The van der Waals surface area contributed by atoms with Crippen LogP contribution in [0.3, 0.4) is 0 Å². The highest BCUT2D eigenvalue weighted by Gasteiger charge is 2.13. The Balaban J connectivity index is 2.26. The van der Waals surface area contributed by atoms with Crippen LogP contribution in [0.2, 0.25) is 4.34 Å². The van der Waals surface area contributed by atoms with E-state index in [4.69, 9.17) is 23.1 Å². The standard InChI is InChI=1S/C13H14ClN3OS/c1-17(7-8-5-6-11(14)19-8)10-4-2-3-9(12(10)15)13(16)18/h2-6H,7,15H2,1H3,(H2,16,18). The van der Waals surface area contributed by atoms with Crippen LogP contribution in [0.5, 0.6) is 0 Å². The number of carbonyl (C=O) groups is 1. The minimum Gasteiger partial charge on any atom is -0.396 e. The van der Waals surface area contributed by atoms with Gasteiger partial charge in [0.05, 0.1) is 27.8 Å². The first kappa shape index (κ1) is 13.7. The van der Waals surface area contributed by atoms with Crippen molar-refractivity contribution in [1.29, 1.82) is 0 Å². The van der Waals surface area contributed by atoms with Crippen LogP contribution in [0, 0.1) is 0 Å². The molecule has 1 aromatic heterocycles. The zero-order valence-corrected chi connectivity index (χ0v) is 12.0. The van der Waals surface area contributed by atoms with Crippen LogP contribution in [-0.4, -0.2) is 13.0 Å². The Labute approximate surface area is 120 Å². The number of anilines is 2. The molecule has 0 radical (unpaired) electrons. The largest absolute Gasteiger partial charge is 0.396 e. The van der Waals surface area contributed by atoms with Crippen LogP contribution >= 0.6 is 22.9 Å². The maximum absolute atomic E-state index is 11.3. The van der Waals surface area contributed by atoms with Gasteiger partial charge >= 0.3 is 0 Å². The summed E-state index contributed by atoms with van der Waals surface area (Å²) in [4.78, 5) is 14.4. The lowest BCUT2D eigenvalue weighted by Crippen LogP contribution is -2.20. The second kappa shape index (κ2) is 5.50. The van der Waals surface area contributed by atoms with E-state index in [1.54, 1.807) is 12.1 Å². The van der Waals surface area contributed by atoms with E-state index >= 15 is 0 Å². The second-order valence-electron chi connectivity index (χ2n) is 4.16. The molecule has 0 spiro atoms. The average Bonchev–Trinajstić information content (AvgIpc) is 2.74. The van der Waals surface area contributed by atoms with Crippen LogP contribution in [0.1, 0.15) is 15.2 Å². The first-order valence-corrected chi connectivity index (χ1v) is 6.82. The van der Waals surface area contributed by atoms with Crippen molar-refractivity contribution in [3.8, 4) is 0 Å². The molecule has 0 saturated carbocycles. The average molecular weight is 296 g/mol. The lowest BCUT2D eigenvalue weighted by Gasteiger charge is -2.21. The zero-order valence-electron chi connectivity index (χ0n) is 10.4. The van der Waals surface area contributed by atoms with Gasteiger partial charge in [-0.3, -0.25) is 4.79 Å². The van der Waals surface area contributed by atoms with Crippen molar-refractivity contribution in [1.82, 2.24) is 0 Å². The van der Waals surface area contributed by atoms with E-state index in [1.165, 1.54) is 11.3 Å². The van der Waals surface area contributed by atoms with E-state index in [9.17, 15) is 4.79 Å². The van der Waals surface area contributed by atoms with E-state index in [-0.39, 0.29) is 0 Å². The molecule has 0 atom stereocenters. The zero-order chi connectivity index (χ0) is 14.0. The first-order valence-electron chi connectivity index (χ1n) is 5.62. The van der Waals surface area contributed by atoms with Crippen molar-refractivity contribution >= 4 is 40.2 Å². The van der Waals surface area contributed by atoms with Crippen molar-refractivity contribution < 1.29 is 4.79 Å². The monoisotopic (exact) mass is 295 g/mol. The van der Waals surface area contributed by atoms with E-state index < -0.39 is 5.91 Å². The minimum atomic E-state index is -0.521. The number of amides is 1. The summed E-state index contributed by atoms with van der Waals surface area (Å²) in [5, 5.41) is 0. The molecule has 100 valence electrons. The van der Waals surface area contributed by atoms with Crippen molar-refractivity contribution in [2.24, 2.45) is 5.73 Å². The normalized spacial score (nSPS) is 10.4. The number of rotatable bonds is 4. The highest BCUT2D eigenvalue weighted by atomic mass is 35.5. The quantitative estimate of drug-likeness (QED) is 0.852. The maximum Gasteiger partial charge on any atom is 0.250 e. The summed E-state index contributed by atoms with van der Waals surface area (Å²) in [5.74, 6) is -0.521. The van der Waals surface area contributed by atoms with Gasteiger partial charge in [-0.05, 0) is 24.3 Å². The number of primary amides is 1. The summed E-state index contributed by atoms with van der Waals surface area (Å²) in [6, 6.07) is 9.08. The van der Waals surface area contributed by atoms with Crippen molar-refractivity contribution in [2.45, 2.75) is 6.54 Å². The molecule has 0 aliphatic carbocycles. The van der Waals surface area contributed by atoms with Gasteiger partial charge in [0.1, 0.15) is 0 Å². The molecule has 6 heteroatoms. The topological polar surface area (TPSA) is 72.3 Å². The number of hydrogen-bond acceptors (Lipinski definition) is 4. The first-order chi connectivity index (χ1) is 8.99. The van der Waals surface area contributed by atoms with Crippen molar-refractivity contribution in [2.75, 3.05) is 17.7 Å². The van der Waals surface area contributed by atoms with E-state index in [2.05, 4.69) is 0 Å². The Hall–Kier alpha value is -1.72. The van der Waals surface area contributed by atoms with Crippen molar-refractivity contribution in [3.63, 3.8) is 0 Å². The SMILES string of the molecule is CN(Cc1ccc(Cl)s1)c1cccc(C(N)=O)c1N. The Morgan fingerprint density at radius 2 is 2.11 bits per heavy atom. The molecule has 1 heterocycles. The fraction of sp³-hybridized carbons (Fsp3) is 0.154. The predicted octanol–water partition coefficient (Wildman–Crippen LogP) is 2.72. The molecule has 0 fully saturated rings. The van der Waals surface area contributed by atoms with Crippen molar-refractivity contribution in [3.05, 3.63) is 45.1 Å². The lowest BCUT2D eigenvalue weighted by molar-refractivity contribution is 0.100. The van der Waals surface area contributed by atoms with E-state index in [0.29, 0.717) is 17.8 Å². The number of hydrogen-bond donors (Lipinski definition) is 2. The van der Waals surface area contributed by atoms with Gasteiger partial charge in [0, 0.05) is 11.9 Å². The fourth-order valence-electron chi connectivity index (χ4n) is 1.86. The Morgan fingerprint density at radius 1 is 1.37 bits per heavy atom. The second-order valence-corrected chi connectivity index (χ2v) is 5.96. The van der Waals surface area contributed by atoms with Crippen LogP contribution in [-0.2, 0) is 6.54 Å². The molecule has 1 aromatic carbocycles. The van der Waals surface area contributed by atoms with E-state index in [1.807, 2.05) is 30.1 Å². The number of thiophene rings is 1. The van der Waals surface area contributed by atoms with Gasteiger partial charge < -0.3 is 16.4 Å². The van der Waals surface area contributed by atoms with Crippen LogP contribution in [0.15, 0.2) is 30.3 Å². The molecule has 0 aliphatic rings. The summed E-state index contributed by atoms with van der Waals surface area (Å²) in [6.45, 7) is 0.670. The molecule has 1 amide bonds. The summed E-state index contributed by atoms with van der Waals surface area (Å²) in [5.41, 5.74) is 12.8. The van der Waals surface area contributed by atoms with Crippen LogP contribution in [0.4, 0.5) is 11.4 Å².